The van der Waals surface area contributed by atoms with Gasteiger partial charge in [-0.1, -0.05) is 61.7 Å². The summed E-state index contributed by atoms with van der Waals surface area (Å²) in [4.78, 5) is 3.78. The maximum Gasteiger partial charge on any atom is 0.0797 e. The SMILES string of the molecule is C=CC=C.OC=Cc1ccccc1.c1ccncc1. The lowest BCUT2D eigenvalue weighted by molar-refractivity contribution is 0.478. The van der Waals surface area contributed by atoms with Crippen LogP contribution in [-0.2, 0) is 0 Å². The number of hydrogen-bond donors (Lipinski definition) is 1. The molecule has 0 aliphatic heterocycles. The molecule has 2 rings (SSSR count). The van der Waals surface area contributed by atoms with Crippen LogP contribution in [0.4, 0.5) is 0 Å². The van der Waals surface area contributed by atoms with Gasteiger partial charge in [0.2, 0.25) is 0 Å². The summed E-state index contributed by atoms with van der Waals surface area (Å²) in [7, 11) is 0. The summed E-state index contributed by atoms with van der Waals surface area (Å²) in [6, 6.07) is 15.4. The van der Waals surface area contributed by atoms with Gasteiger partial charge in [-0.05, 0) is 23.8 Å². The first-order valence-corrected chi connectivity index (χ1v) is 5.79. The van der Waals surface area contributed by atoms with E-state index in [0.717, 1.165) is 11.8 Å². The van der Waals surface area contributed by atoms with Crippen LogP contribution in [0.5, 0.6) is 0 Å². The van der Waals surface area contributed by atoms with Crippen molar-refractivity contribution in [1.29, 1.82) is 0 Å². The van der Waals surface area contributed by atoms with E-state index in [4.69, 9.17) is 5.11 Å². The zero-order chi connectivity index (χ0) is 14.2. The van der Waals surface area contributed by atoms with Crippen molar-refractivity contribution in [2.45, 2.75) is 0 Å². The number of aromatic nitrogens is 1. The van der Waals surface area contributed by atoms with E-state index in [2.05, 4.69) is 18.1 Å². The number of benzene rings is 1. The number of pyridine rings is 1. The van der Waals surface area contributed by atoms with E-state index in [1.54, 1.807) is 30.6 Å². The fourth-order valence-corrected chi connectivity index (χ4v) is 0.963. The predicted octanol–water partition coefficient (Wildman–Crippen LogP) is 4.66. The topological polar surface area (TPSA) is 33.1 Å². The van der Waals surface area contributed by atoms with Gasteiger partial charge in [0.1, 0.15) is 0 Å². The third kappa shape index (κ3) is 11.6. The highest BCUT2D eigenvalue weighted by atomic mass is 16.2. The van der Waals surface area contributed by atoms with E-state index in [1.807, 2.05) is 48.5 Å². The average molecular weight is 253 g/mol. The van der Waals surface area contributed by atoms with Gasteiger partial charge >= 0.3 is 0 Å². The minimum absolute atomic E-state index is 1.01. The van der Waals surface area contributed by atoms with Crippen molar-refractivity contribution in [1.82, 2.24) is 4.98 Å². The van der Waals surface area contributed by atoms with Crippen molar-refractivity contribution in [3.8, 4) is 0 Å². The Kier molecular flexibility index (Phi) is 11.6. The number of rotatable bonds is 2. The van der Waals surface area contributed by atoms with Gasteiger partial charge in [-0.15, -0.1) is 0 Å². The van der Waals surface area contributed by atoms with Crippen LogP contribution < -0.4 is 0 Å². The van der Waals surface area contributed by atoms with Gasteiger partial charge in [0.05, 0.1) is 6.26 Å². The second-order valence-corrected chi connectivity index (χ2v) is 3.22. The first-order chi connectivity index (χ1) is 9.35. The fourth-order valence-electron chi connectivity index (χ4n) is 0.963. The highest BCUT2D eigenvalue weighted by molar-refractivity contribution is 5.47. The smallest absolute Gasteiger partial charge is 0.0797 e. The van der Waals surface area contributed by atoms with E-state index in [0.29, 0.717) is 0 Å². The summed E-state index contributed by atoms with van der Waals surface area (Å²) in [6.45, 7) is 6.72. The Morgan fingerprint density at radius 2 is 1.37 bits per heavy atom. The molecule has 0 bridgehead atoms. The third-order valence-corrected chi connectivity index (χ3v) is 1.80. The number of hydrogen-bond acceptors (Lipinski definition) is 2. The molecule has 2 aromatic rings. The summed E-state index contributed by atoms with van der Waals surface area (Å²) >= 11 is 0. The molecule has 0 amide bonds. The molecule has 0 fully saturated rings. The molecule has 0 radical (unpaired) electrons. The largest absolute Gasteiger partial charge is 0.516 e. The molecule has 0 aliphatic rings. The molecule has 1 heterocycles. The van der Waals surface area contributed by atoms with Gasteiger partial charge in [-0.2, -0.15) is 0 Å². The van der Waals surface area contributed by atoms with Crippen LogP contribution in [0.3, 0.4) is 0 Å². The first-order valence-electron chi connectivity index (χ1n) is 5.79. The minimum Gasteiger partial charge on any atom is -0.516 e. The normalized spacial score (nSPS) is 8.42. The van der Waals surface area contributed by atoms with Gasteiger partial charge in [0.15, 0.2) is 0 Å². The molecule has 0 saturated carbocycles. The molecule has 0 spiro atoms. The van der Waals surface area contributed by atoms with Crippen molar-refractivity contribution in [3.05, 3.63) is 98.1 Å². The third-order valence-electron chi connectivity index (χ3n) is 1.80. The van der Waals surface area contributed by atoms with E-state index in [9.17, 15) is 0 Å². The molecule has 1 N–H and O–H groups in total. The zero-order valence-corrected chi connectivity index (χ0v) is 10.9. The maximum atomic E-state index is 8.34. The standard InChI is InChI=1S/C8H8O.C5H5N.C4H6/c9-7-6-8-4-2-1-3-5-8;1-2-4-6-5-3-1;1-3-4-2/h1-7,9H;1-5H;3-4H,1-2H2. The fraction of sp³-hybridized carbons (Fsp3) is 0. The van der Waals surface area contributed by atoms with Crippen LogP contribution in [0.25, 0.3) is 6.08 Å². The van der Waals surface area contributed by atoms with Crippen molar-refractivity contribution in [2.24, 2.45) is 0 Å². The highest BCUT2D eigenvalue weighted by Crippen LogP contribution is 1.98. The lowest BCUT2D eigenvalue weighted by Crippen LogP contribution is -1.66. The minimum atomic E-state index is 1.01. The molecule has 1 aromatic heterocycles. The summed E-state index contributed by atoms with van der Waals surface area (Å²) in [5.74, 6) is 0. The summed E-state index contributed by atoms with van der Waals surface area (Å²) in [6.07, 6.45) is 9.45. The average Bonchev–Trinajstić information content (AvgIpc) is 2.51. The first kappa shape index (κ1) is 16.4. The van der Waals surface area contributed by atoms with Crippen molar-refractivity contribution < 1.29 is 5.11 Å². The molecule has 0 saturated heterocycles. The van der Waals surface area contributed by atoms with Crippen LogP contribution in [0, 0.1) is 0 Å². The molecular weight excluding hydrogens is 234 g/mol. The quantitative estimate of drug-likeness (QED) is 0.624. The number of allylic oxidation sites excluding steroid dienone is 2. The van der Waals surface area contributed by atoms with Crippen LogP contribution in [-0.4, -0.2) is 10.1 Å². The maximum absolute atomic E-state index is 8.34. The Morgan fingerprint density at radius 1 is 0.842 bits per heavy atom. The second-order valence-electron chi connectivity index (χ2n) is 3.22. The van der Waals surface area contributed by atoms with Crippen molar-refractivity contribution in [3.63, 3.8) is 0 Å². The van der Waals surface area contributed by atoms with E-state index >= 15 is 0 Å². The summed E-state index contributed by atoms with van der Waals surface area (Å²) in [5.41, 5.74) is 1.01. The van der Waals surface area contributed by atoms with Crippen molar-refractivity contribution >= 4 is 6.08 Å². The second kappa shape index (κ2) is 13.5. The van der Waals surface area contributed by atoms with Gasteiger partial charge in [-0.3, -0.25) is 4.98 Å². The Morgan fingerprint density at radius 3 is 1.68 bits per heavy atom. The molecule has 0 unspecified atom stereocenters. The molecule has 19 heavy (non-hydrogen) atoms. The molecule has 2 nitrogen and oxygen atoms in total. The molecule has 98 valence electrons. The Balaban J connectivity index is 0.000000281. The molecular formula is C17H19NO. The Hall–Kier alpha value is -2.61. The number of aliphatic hydroxyl groups is 1. The van der Waals surface area contributed by atoms with Gasteiger partial charge < -0.3 is 5.11 Å². The number of aliphatic hydroxyl groups excluding tert-OH is 1. The lowest BCUT2D eigenvalue weighted by atomic mass is 10.2. The van der Waals surface area contributed by atoms with Gasteiger partial charge in [0.25, 0.3) is 0 Å². The molecule has 0 aliphatic carbocycles. The van der Waals surface area contributed by atoms with Gasteiger partial charge in [-0.25, -0.2) is 0 Å². The monoisotopic (exact) mass is 253 g/mol. The molecule has 1 aromatic carbocycles. The van der Waals surface area contributed by atoms with E-state index in [-0.39, 0.29) is 0 Å². The molecule has 0 atom stereocenters. The van der Waals surface area contributed by atoms with E-state index < -0.39 is 0 Å². The predicted molar refractivity (Wildman–Crippen MR) is 82.7 cm³/mol. The van der Waals surface area contributed by atoms with Crippen LogP contribution in [0.2, 0.25) is 0 Å². The Bertz CT molecular complexity index is 416. The lowest BCUT2D eigenvalue weighted by Gasteiger charge is -1.86. The van der Waals surface area contributed by atoms with Gasteiger partial charge in [0, 0.05) is 12.4 Å². The highest BCUT2D eigenvalue weighted by Gasteiger charge is 1.78. The zero-order valence-electron chi connectivity index (χ0n) is 10.9. The van der Waals surface area contributed by atoms with Crippen LogP contribution in [0.1, 0.15) is 5.56 Å². The Labute approximate surface area is 115 Å². The molecule has 2 heteroatoms. The van der Waals surface area contributed by atoms with E-state index in [1.165, 1.54) is 0 Å². The van der Waals surface area contributed by atoms with Crippen molar-refractivity contribution in [2.75, 3.05) is 0 Å². The van der Waals surface area contributed by atoms with Crippen LogP contribution >= 0.6 is 0 Å². The number of nitrogens with zero attached hydrogens (tertiary/aromatic N) is 1. The summed E-state index contributed by atoms with van der Waals surface area (Å²) in [5, 5.41) is 8.34. The van der Waals surface area contributed by atoms with Crippen LogP contribution in [0.15, 0.2) is 92.5 Å². The summed E-state index contributed by atoms with van der Waals surface area (Å²) < 4.78 is 0.